The minimum Gasteiger partial charge on any atom is -0.377 e. The maximum atomic E-state index is 5.62. The number of rotatable bonds is 9. The summed E-state index contributed by atoms with van der Waals surface area (Å²) in [6.07, 6.45) is 5.24. The molecule has 23 heavy (non-hydrogen) atoms. The van der Waals surface area contributed by atoms with Gasteiger partial charge in [0.1, 0.15) is 0 Å². The van der Waals surface area contributed by atoms with E-state index in [0.717, 1.165) is 50.6 Å². The molecule has 128 valence electrons. The topological polar surface area (TPSA) is 67.8 Å². The van der Waals surface area contributed by atoms with Crippen LogP contribution in [-0.2, 0) is 15.9 Å². The first-order valence-electron chi connectivity index (χ1n) is 8.50. The molecule has 1 aromatic heterocycles. The quantitative estimate of drug-likeness (QED) is 0.409. The van der Waals surface area contributed by atoms with Gasteiger partial charge in [0.05, 0.1) is 25.9 Å². The number of aromatic nitrogens is 1. The van der Waals surface area contributed by atoms with Crippen LogP contribution < -0.4 is 10.6 Å². The van der Waals surface area contributed by atoms with E-state index >= 15 is 0 Å². The predicted octanol–water partition coefficient (Wildman–Crippen LogP) is 1.37. The van der Waals surface area contributed by atoms with Crippen molar-refractivity contribution in [3.63, 3.8) is 0 Å². The maximum absolute atomic E-state index is 5.62. The summed E-state index contributed by atoms with van der Waals surface area (Å²) in [6.45, 7) is 6.52. The van der Waals surface area contributed by atoms with Gasteiger partial charge in [-0.2, -0.15) is 0 Å². The number of pyridine rings is 1. The molecule has 1 aliphatic rings. The van der Waals surface area contributed by atoms with Crippen molar-refractivity contribution in [2.75, 3.05) is 39.5 Å². The van der Waals surface area contributed by atoms with Crippen LogP contribution in [0, 0.1) is 0 Å². The Hall–Kier alpha value is -1.66. The molecule has 6 nitrogen and oxygen atoms in total. The molecule has 1 unspecified atom stereocenters. The van der Waals surface area contributed by atoms with Crippen molar-refractivity contribution in [1.82, 2.24) is 15.6 Å². The molecule has 1 saturated heterocycles. The number of nitrogens with one attached hydrogen (secondary N) is 2. The van der Waals surface area contributed by atoms with Crippen molar-refractivity contribution in [1.29, 1.82) is 0 Å². The van der Waals surface area contributed by atoms with Crippen molar-refractivity contribution in [3.05, 3.63) is 30.1 Å². The van der Waals surface area contributed by atoms with Crippen LogP contribution in [0.1, 0.15) is 25.5 Å². The number of ether oxygens (including phenoxy) is 2. The maximum Gasteiger partial charge on any atom is 0.191 e. The van der Waals surface area contributed by atoms with Gasteiger partial charge in [-0.15, -0.1) is 0 Å². The zero-order valence-electron chi connectivity index (χ0n) is 14.0. The summed E-state index contributed by atoms with van der Waals surface area (Å²) in [4.78, 5) is 8.83. The molecule has 0 radical (unpaired) electrons. The Labute approximate surface area is 138 Å². The minimum atomic E-state index is 0.281. The van der Waals surface area contributed by atoms with E-state index in [1.165, 1.54) is 0 Å². The highest BCUT2D eigenvalue weighted by molar-refractivity contribution is 5.79. The van der Waals surface area contributed by atoms with Crippen LogP contribution in [0.15, 0.2) is 29.4 Å². The number of hydrogen-bond acceptors (Lipinski definition) is 4. The molecule has 0 aromatic carbocycles. The van der Waals surface area contributed by atoms with E-state index in [1.807, 2.05) is 24.4 Å². The average Bonchev–Trinajstić information content (AvgIpc) is 3.09. The standard InChI is InChI=1S/C17H28N4O2/c1-2-18-17(20-10-8-15-6-3-4-9-19-15)21-11-13-22-14-16-7-5-12-23-16/h3-4,6,9,16H,2,5,7-8,10-14H2,1H3,(H2,18,20,21). The fourth-order valence-electron chi connectivity index (χ4n) is 2.41. The first-order chi connectivity index (χ1) is 11.4. The number of hydrogen-bond donors (Lipinski definition) is 2. The minimum absolute atomic E-state index is 0.281. The van der Waals surface area contributed by atoms with Crippen LogP contribution in [0.4, 0.5) is 0 Å². The molecule has 0 amide bonds. The molecule has 0 aliphatic carbocycles. The summed E-state index contributed by atoms with van der Waals surface area (Å²) < 4.78 is 11.1. The molecular formula is C17H28N4O2. The molecular weight excluding hydrogens is 292 g/mol. The molecule has 2 heterocycles. The second-order valence-electron chi connectivity index (χ2n) is 5.47. The molecule has 1 atom stereocenters. The Kier molecular flexibility index (Phi) is 8.43. The summed E-state index contributed by atoms with van der Waals surface area (Å²) in [6, 6.07) is 5.97. The van der Waals surface area contributed by atoms with E-state index in [1.54, 1.807) is 0 Å². The summed E-state index contributed by atoms with van der Waals surface area (Å²) in [5, 5.41) is 6.56. The molecule has 2 N–H and O–H groups in total. The molecule has 6 heteroatoms. The van der Waals surface area contributed by atoms with Crippen LogP contribution in [0.2, 0.25) is 0 Å². The van der Waals surface area contributed by atoms with Crippen molar-refractivity contribution in [2.24, 2.45) is 4.99 Å². The third-order valence-electron chi connectivity index (χ3n) is 3.58. The number of aliphatic imine (C=N–C) groups is 1. The summed E-state index contributed by atoms with van der Waals surface area (Å²) in [7, 11) is 0. The Morgan fingerprint density at radius 3 is 3.13 bits per heavy atom. The second kappa shape index (κ2) is 11.0. The molecule has 0 bridgehead atoms. The van der Waals surface area contributed by atoms with Gasteiger partial charge in [-0.1, -0.05) is 6.07 Å². The molecule has 0 saturated carbocycles. The van der Waals surface area contributed by atoms with Crippen LogP contribution in [0.5, 0.6) is 0 Å². The third-order valence-corrected chi connectivity index (χ3v) is 3.58. The summed E-state index contributed by atoms with van der Waals surface area (Å²) in [5.74, 6) is 0.823. The van der Waals surface area contributed by atoms with E-state index in [9.17, 15) is 0 Å². The van der Waals surface area contributed by atoms with Crippen LogP contribution in [0.3, 0.4) is 0 Å². The molecule has 1 aromatic rings. The Balaban J connectivity index is 1.61. The van der Waals surface area contributed by atoms with Gasteiger partial charge in [-0.05, 0) is 31.9 Å². The smallest absolute Gasteiger partial charge is 0.191 e. The van der Waals surface area contributed by atoms with Gasteiger partial charge >= 0.3 is 0 Å². The number of guanidine groups is 1. The highest BCUT2D eigenvalue weighted by Gasteiger charge is 2.14. The van der Waals surface area contributed by atoms with Gasteiger partial charge in [0, 0.05) is 38.0 Å². The van der Waals surface area contributed by atoms with Crippen molar-refractivity contribution in [3.8, 4) is 0 Å². The van der Waals surface area contributed by atoms with Gasteiger partial charge in [-0.25, -0.2) is 0 Å². The zero-order chi connectivity index (χ0) is 16.2. The Morgan fingerprint density at radius 1 is 1.43 bits per heavy atom. The molecule has 1 aliphatic heterocycles. The lowest BCUT2D eigenvalue weighted by atomic mass is 10.2. The van der Waals surface area contributed by atoms with Crippen molar-refractivity contribution < 1.29 is 9.47 Å². The first-order valence-corrected chi connectivity index (χ1v) is 8.50. The largest absolute Gasteiger partial charge is 0.377 e. The van der Waals surface area contributed by atoms with Gasteiger partial charge in [-0.3, -0.25) is 9.98 Å². The molecule has 0 spiro atoms. The van der Waals surface area contributed by atoms with Crippen molar-refractivity contribution in [2.45, 2.75) is 32.3 Å². The van der Waals surface area contributed by atoms with Crippen molar-refractivity contribution >= 4 is 5.96 Å². The second-order valence-corrected chi connectivity index (χ2v) is 5.47. The first kappa shape index (κ1) is 17.7. The highest BCUT2D eigenvalue weighted by atomic mass is 16.5. The van der Waals surface area contributed by atoms with Gasteiger partial charge in [0.2, 0.25) is 0 Å². The van der Waals surface area contributed by atoms with E-state index in [-0.39, 0.29) is 6.10 Å². The average molecular weight is 320 g/mol. The number of nitrogens with zero attached hydrogens (tertiary/aromatic N) is 2. The normalized spacial score (nSPS) is 18.1. The Bertz CT molecular complexity index is 447. The molecule has 2 rings (SSSR count). The third kappa shape index (κ3) is 7.43. The fraction of sp³-hybridized carbons (Fsp3) is 0.647. The van der Waals surface area contributed by atoms with E-state index in [2.05, 4.69) is 27.5 Å². The van der Waals surface area contributed by atoms with E-state index in [4.69, 9.17) is 9.47 Å². The van der Waals surface area contributed by atoms with Crippen LogP contribution in [-0.4, -0.2) is 56.5 Å². The van der Waals surface area contributed by atoms with Crippen LogP contribution >= 0.6 is 0 Å². The summed E-state index contributed by atoms with van der Waals surface area (Å²) >= 11 is 0. The van der Waals surface area contributed by atoms with Gasteiger partial charge in [0.25, 0.3) is 0 Å². The lowest BCUT2D eigenvalue weighted by Gasteiger charge is -2.12. The predicted molar refractivity (Wildman–Crippen MR) is 91.7 cm³/mol. The summed E-state index contributed by atoms with van der Waals surface area (Å²) in [5.41, 5.74) is 1.08. The van der Waals surface area contributed by atoms with E-state index < -0.39 is 0 Å². The highest BCUT2D eigenvalue weighted by Crippen LogP contribution is 2.11. The lowest BCUT2D eigenvalue weighted by Crippen LogP contribution is -2.38. The Morgan fingerprint density at radius 2 is 2.39 bits per heavy atom. The van der Waals surface area contributed by atoms with Gasteiger partial charge in [0.15, 0.2) is 5.96 Å². The van der Waals surface area contributed by atoms with E-state index in [0.29, 0.717) is 19.8 Å². The lowest BCUT2D eigenvalue weighted by molar-refractivity contribution is 0.0200. The SMILES string of the molecule is CCNC(=NCCOCC1CCCO1)NCCc1ccccn1. The fourth-order valence-corrected chi connectivity index (χ4v) is 2.41. The van der Waals surface area contributed by atoms with Gasteiger partial charge < -0.3 is 20.1 Å². The monoisotopic (exact) mass is 320 g/mol. The van der Waals surface area contributed by atoms with Crippen LogP contribution in [0.25, 0.3) is 0 Å². The zero-order valence-corrected chi connectivity index (χ0v) is 14.0. The molecule has 1 fully saturated rings.